The number of carbonyl (C=O) groups is 1. The topological polar surface area (TPSA) is 90.9 Å². The van der Waals surface area contributed by atoms with Gasteiger partial charge in [0.05, 0.1) is 0 Å². The zero-order valence-electron chi connectivity index (χ0n) is 7.23. The van der Waals surface area contributed by atoms with Crippen molar-refractivity contribution in [3.8, 4) is 0 Å². The van der Waals surface area contributed by atoms with Gasteiger partial charge in [-0.15, -0.1) is 0 Å². The first-order valence-corrected chi connectivity index (χ1v) is 3.96. The van der Waals surface area contributed by atoms with E-state index in [1.807, 2.05) is 0 Å². The van der Waals surface area contributed by atoms with Gasteiger partial charge in [-0.1, -0.05) is 0 Å². The van der Waals surface area contributed by atoms with E-state index in [2.05, 4.69) is 0 Å². The van der Waals surface area contributed by atoms with Crippen molar-refractivity contribution in [2.75, 3.05) is 21.3 Å². The second kappa shape index (κ2) is 14.2. The van der Waals surface area contributed by atoms with Crippen LogP contribution in [0, 0.1) is 0 Å². The van der Waals surface area contributed by atoms with Gasteiger partial charge < -0.3 is 28.3 Å². The minimum atomic E-state index is -2.33. The summed E-state index contributed by atoms with van der Waals surface area (Å²) >= 11 is 0. The Labute approximate surface area is 102 Å². The molecular weight excluding hydrogens is 212 g/mol. The van der Waals surface area contributed by atoms with E-state index >= 15 is 0 Å². The third kappa shape index (κ3) is 22.4. The van der Waals surface area contributed by atoms with Gasteiger partial charge in [-0.05, 0) is 6.16 Å². The van der Waals surface area contributed by atoms with Crippen molar-refractivity contribution in [3.05, 3.63) is 0 Å². The summed E-state index contributed by atoms with van der Waals surface area (Å²) in [6, 6.07) is 0. The van der Waals surface area contributed by atoms with Gasteiger partial charge in [0, 0.05) is 21.3 Å². The Kier molecular flexibility index (Phi) is 21.7. The number of hydrogen-bond donors (Lipinski definition) is 0. The number of hydrogen-bond acceptors (Lipinski definition) is 6. The summed E-state index contributed by atoms with van der Waals surface area (Å²) < 4.78 is 14.2. The fraction of sp³-hybridized carbons (Fsp3) is 0.750. The van der Waals surface area contributed by atoms with Crippen molar-refractivity contribution in [2.24, 2.45) is 0 Å². The molecular formula is C4H10CaO6Si. The maximum absolute atomic E-state index is 8.33. The minimum Gasteiger partial charge on any atom is -0.652 e. The van der Waals surface area contributed by atoms with Gasteiger partial charge in [-0.3, -0.25) is 0 Å². The molecule has 0 amide bonds. The van der Waals surface area contributed by atoms with Crippen molar-refractivity contribution in [1.29, 1.82) is 0 Å². The van der Waals surface area contributed by atoms with Crippen LogP contribution in [0.3, 0.4) is 0 Å². The normalized spacial score (nSPS) is 8.00. The van der Waals surface area contributed by atoms with Gasteiger partial charge in [0.25, 0.3) is 0 Å². The van der Waals surface area contributed by atoms with Gasteiger partial charge >= 0.3 is 47.3 Å². The zero-order chi connectivity index (χ0) is 9.28. The van der Waals surface area contributed by atoms with Crippen LogP contribution in [0.25, 0.3) is 0 Å². The Morgan fingerprint density at radius 2 is 1.25 bits per heavy atom. The Morgan fingerprint density at radius 1 is 1.08 bits per heavy atom. The van der Waals surface area contributed by atoms with Gasteiger partial charge in [0.2, 0.25) is 0 Å². The monoisotopic (exact) mass is 222 g/mol. The van der Waals surface area contributed by atoms with Crippen molar-refractivity contribution >= 4 is 53.4 Å². The molecule has 0 unspecified atom stereocenters. The average Bonchev–Trinajstić information content (AvgIpc) is 1.90. The molecule has 0 aliphatic heterocycles. The first-order valence-electron chi connectivity index (χ1n) is 2.54. The van der Waals surface area contributed by atoms with Crippen LogP contribution >= 0.6 is 0 Å². The van der Waals surface area contributed by atoms with E-state index in [0.717, 1.165) is 0 Å². The molecule has 0 aliphatic carbocycles. The molecule has 0 spiro atoms. The van der Waals surface area contributed by atoms with Crippen LogP contribution in [0.15, 0.2) is 0 Å². The van der Waals surface area contributed by atoms with Crippen LogP contribution in [0.5, 0.6) is 0 Å². The molecule has 0 atom stereocenters. The first-order chi connectivity index (χ1) is 5.08. The van der Waals surface area contributed by atoms with E-state index in [0.29, 0.717) is 0 Å². The minimum absolute atomic E-state index is 0. The van der Waals surface area contributed by atoms with Crippen LogP contribution in [0.2, 0.25) is 0 Å². The van der Waals surface area contributed by atoms with Crippen molar-refractivity contribution < 1.29 is 28.3 Å². The summed E-state index contributed by atoms with van der Waals surface area (Å²) in [5, 5.41) is 16.7. The number of carbonyl (C=O) groups excluding carboxylic acids is 1. The van der Waals surface area contributed by atoms with E-state index in [1.165, 1.54) is 0 Å². The van der Waals surface area contributed by atoms with Gasteiger partial charge in [-0.25, -0.2) is 0 Å². The van der Waals surface area contributed by atoms with Crippen LogP contribution in [-0.4, -0.2) is 74.8 Å². The van der Waals surface area contributed by atoms with Crippen molar-refractivity contribution in [1.82, 2.24) is 0 Å². The summed E-state index contributed by atoms with van der Waals surface area (Å²) in [6.07, 6.45) is -2.33. The summed E-state index contributed by atoms with van der Waals surface area (Å²) in [6.45, 7) is 0. The van der Waals surface area contributed by atoms with Crippen LogP contribution < -0.4 is 10.2 Å². The van der Waals surface area contributed by atoms with E-state index in [-0.39, 0.29) is 37.7 Å². The summed E-state index contributed by atoms with van der Waals surface area (Å²) in [7, 11) is 3.05. The Balaban J connectivity index is -0.000000142. The van der Waals surface area contributed by atoms with Gasteiger partial charge in [0.1, 0.15) is 0 Å². The van der Waals surface area contributed by atoms with Crippen molar-refractivity contribution in [3.63, 3.8) is 0 Å². The molecule has 8 heteroatoms. The predicted octanol–water partition coefficient (Wildman–Crippen LogP) is -3.18. The standard InChI is InChI=1S/C3H10O3Si.CH2O3.Ca/c1-4-7(5-2)6-3;2-1(3)4;/h7H,1-3H3;(H2,2,3,4);/q;;+2/p-2. The SMILES string of the molecule is CO[SiH](OC)OC.O=C([O-])[O-].[Ca+2]. The molecule has 0 saturated carbocycles. The second-order valence-electron chi connectivity index (χ2n) is 1.25. The molecule has 0 fully saturated rings. The molecule has 0 aromatic rings. The van der Waals surface area contributed by atoms with Crippen LogP contribution in [0.4, 0.5) is 4.79 Å². The summed E-state index contributed by atoms with van der Waals surface area (Å²) in [4.78, 5) is 8.33. The second-order valence-corrected chi connectivity index (χ2v) is 3.24. The molecule has 0 radical (unpaired) electrons. The van der Waals surface area contributed by atoms with E-state index in [4.69, 9.17) is 28.3 Å². The first kappa shape index (κ1) is 18.4. The quantitative estimate of drug-likeness (QED) is 0.467. The summed E-state index contributed by atoms with van der Waals surface area (Å²) in [5.41, 5.74) is 0. The van der Waals surface area contributed by atoms with Crippen LogP contribution in [0.1, 0.15) is 0 Å². The molecule has 12 heavy (non-hydrogen) atoms. The molecule has 0 rings (SSSR count). The van der Waals surface area contributed by atoms with Crippen molar-refractivity contribution in [2.45, 2.75) is 0 Å². The predicted molar refractivity (Wildman–Crippen MR) is 39.3 cm³/mol. The maximum Gasteiger partial charge on any atom is 2.00 e. The molecule has 0 heterocycles. The molecule has 0 bridgehead atoms. The fourth-order valence-electron chi connectivity index (χ4n) is 0.289. The fourth-order valence-corrected chi connectivity index (χ4v) is 0.866. The van der Waals surface area contributed by atoms with Gasteiger partial charge in [0.15, 0.2) is 0 Å². The van der Waals surface area contributed by atoms with Gasteiger partial charge in [-0.2, -0.15) is 0 Å². The third-order valence-corrected chi connectivity index (χ3v) is 1.73. The third-order valence-electron chi connectivity index (χ3n) is 0.577. The zero-order valence-corrected chi connectivity index (χ0v) is 10.6. The molecule has 0 aromatic heterocycles. The van der Waals surface area contributed by atoms with E-state index < -0.39 is 15.7 Å². The Hall–Kier alpha value is 0.627. The average molecular weight is 222 g/mol. The Bertz CT molecular complexity index is 88.0. The Morgan fingerprint density at radius 3 is 1.25 bits per heavy atom. The molecule has 0 aromatic carbocycles. The van der Waals surface area contributed by atoms with E-state index in [9.17, 15) is 0 Å². The maximum atomic E-state index is 8.33. The molecule has 0 aliphatic rings. The number of carboxylic acid groups (broad SMARTS) is 2. The van der Waals surface area contributed by atoms with Crippen LogP contribution in [-0.2, 0) is 13.3 Å². The molecule has 0 N–H and O–H groups in total. The van der Waals surface area contributed by atoms with E-state index in [1.54, 1.807) is 21.3 Å². The number of rotatable bonds is 3. The molecule has 68 valence electrons. The molecule has 0 saturated heterocycles. The summed E-state index contributed by atoms with van der Waals surface area (Å²) in [5.74, 6) is 0. The smallest absolute Gasteiger partial charge is 0.652 e. The molecule has 6 nitrogen and oxygen atoms in total. The largest absolute Gasteiger partial charge is 2.00 e.